The molecule has 0 aliphatic heterocycles. The van der Waals surface area contributed by atoms with Crippen molar-refractivity contribution in [1.29, 1.82) is 0 Å². The summed E-state index contributed by atoms with van der Waals surface area (Å²) in [7, 11) is -3.73. The lowest BCUT2D eigenvalue weighted by Gasteiger charge is -2.17. The molecule has 0 spiro atoms. The van der Waals surface area contributed by atoms with Crippen molar-refractivity contribution in [3.63, 3.8) is 0 Å². The Hall–Kier alpha value is -1.45. The first-order valence-corrected chi connectivity index (χ1v) is 8.15. The van der Waals surface area contributed by atoms with Crippen LogP contribution in [-0.2, 0) is 19.6 Å². The van der Waals surface area contributed by atoms with Crippen LogP contribution >= 0.6 is 11.3 Å². The highest BCUT2D eigenvalue weighted by Crippen LogP contribution is 2.14. The van der Waals surface area contributed by atoms with Crippen molar-refractivity contribution in [2.45, 2.75) is 24.1 Å². The predicted molar refractivity (Wildman–Crippen MR) is 73.9 cm³/mol. The highest BCUT2D eigenvalue weighted by Gasteiger charge is 2.24. The largest absolute Gasteiger partial charge is 0.480 e. The third-order valence-electron chi connectivity index (χ3n) is 2.43. The van der Waals surface area contributed by atoms with E-state index < -0.39 is 34.5 Å². The van der Waals surface area contributed by atoms with Gasteiger partial charge in [0.25, 0.3) is 10.0 Å². The van der Waals surface area contributed by atoms with Crippen LogP contribution in [0.4, 0.5) is 0 Å². The number of carboxylic acid groups (broad SMARTS) is 1. The number of carbonyl (C=O) groups is 2. The van der Waals surface area contributed by atoms with Gasteiger partial charge in [-0.05, 0) is 17.4 Å². The number of hydrogen-bond acceptors (Lipinski definition) is 5. The lowest BCUT2D eigenvalue weighted by molar-refractivity contribution is -0.142. The first-order valence-electron chi connectivity index (χ1n) is 5.79. The van der Waals surface area contributed by atoms with Crippen LogP contribution in [-0.4, -0.2) is 38.0 Å². The van der Waals surface area contributed by atoms with Gasteiger partial charge in [0.2, 0.25) is 5.91 Å². The Morgan fingerprint density at radius 3 is 2.50 bits per heavy atom. The highest BCUT2D eigenvalue weighted by atomic mass is 32.2. The van der Waals surface area contributed by atoms with Gasteiger partial charge in [0.05, 0.1) is 6.54 Å². The van der Waals surface area contributed by atoms with Gasteiger partial charge in [-0.1, -0.05) is 19.9 Å². The second kappa shape index (κ2) is 6.82. The number of hydrogen-bond donors (Lipinski definition) is 3. The molecule has 20 heavy (non-hydrogen) atoms. The molecule has 0 bridgehead atoms. The summed E-state index contributed by atoms with van der Waals surface area (Å²) in [6, 6.07) is 1.95. The fraction of sp³-hybridized carbons (Fsp3) is 0.455. The van der Waals surface area contributed by atoms with Gasteiger partial charge in [0.1, 0.15) is 10.3 Å². The summed E-state index contributed by atoms with van der Waals surface area (Å²) in [5.74, 6) is -2.15. The van der Waals surface area contributed by atoms with Gasteiger partial charge < -0.3 is 10.4 Å². The molecule has 3 N–H and O–H groups in total. The number of rotatable bonds is 7. The van der Waals surface area contributed by atoms with E-state index in [0.717, 1.165) is 11.3 Å². The highest BCUT2D eigenvalue weighted by molar-refractivity contribution is 7.91. The van der Waals surface area contributed by atoms with Gasteiger partial charge in [-0.25, -0.2) is 17.9 Å². The second-order valence-electron chi connectivity index (χ2n) is 4.38. The SMILES string of the molecule is CC(C)[C@@H](NC(=O)CNS(=O)(=O)c1cccs1)C(=O)O. The van der Waals surface area contributed by atoms with Crippen molar-refractivity contribution in [1.82, 2.24) is 10.0 Å². The van der Waals surface area contributed by atoms with Crippen LogP contribution < -0.4 is 10.0 Å². The van der Waals surface area contributed by atoms with E-state index in [-0.39, 0.29) is 10.1 Å². The molecule has 9 heteroatoms. The van der Waals surface area contributed by atoms with E-state index in [2.05, 4.69) is 10.0 Å². The molecule has 1 atom stereocenters. The molecule has 1 rings (SSSR count). The first kappa shape index (κ1) is 16.6. The maximum absolute atomic E-state index is 11.8. The maximum atomic E-state index is 11.8. The van der Waals surface area contributed by atoms with E-state index in [1.165, 1.54) is 6.07 Å². The average Bonchev–Trinajstić information content (AvgIpc) is 2.87. The van der Waals surface area contributed by atoms with E-state index in [4.69, 9.17) is 5.11 Å². The smallest absolute Gasteiger partial charge is 0.326 e. The zero-order chi connectivity index (χ0) is 15.3. The van der Waals surface area contributed by atoms with Crippen molar-refractivity contribution < 1.29 is 23.1 Å². The quantitative estimate of drug-likeness (QED) is 0.667. The summed E-state index contributed by atoms with van der Waals surface area (Å²) in [6.45, 7) is 2.79. The van der Waals surface area contributed by atoms with Crippen LogP contribution in [0.2, 0.25) is 0 Å². The van der Waals surface area contributed by atoms with Crippen LogP contribution in [0.15, 0.2) is 21.7 Å². The normalized spacial score (nSPS) is 13.2. The summed E-state index contributed by atoms with van der Waals surface area (Å²) in [6.07, 6.45) is 0. The van der Waals surface area contributed by atoms with Crippen molar-refractivity contribution in [3.05, 3.63) is 17.5 Å². The first-order chi connectivity index (χ1) is 9.24. The molecule has 1 amide bonds. The Morgan fingerprint density at radius 1 is 1.40 bits per heavy atom. The molecule has 0 saturated carbocycles. The third kappa shape index (κ3) is 4.58. The molecule has 0 aliphatic carbocycles. The monoisotopic (exact) mass is 320 g/mol. The summed E-state index contributed by atoms with van der Waals surface area (Å²) >= 11 is 1.03. The van der Waals surface area contributed by atoms with Crippen LogP contribution in [0.3, 0.4) is 0 Å². The van der Waals surface area contributed by atoms with E-state index >= 15 is 0 Å². The molecule has 0 saturated heterocycles. The molecule has 7 nitrogen and oxygen atoms in total. The molecule has 1 aromatic rings. The van der Waals surface area contributed by atoms with Gasteiger partial charge >= 0.3 is 5.97 Å². The Morgan fingerprint density at radius 2 is 2.05 bits per heavy atom. The molecule has 0 fully saturated rings. The predicted octanol–water partition coefficient (Wildman–Crippen LogP) is 0.252. The summed E-state index contributed by atoms with van der Waals surface area (Å²) in [5.41, 5.74) is 0. The van der Waals surface area contributed by atoms with Gasteiger partial charge in [-0.3, -0.25) is 4.79 Å². The van der Waals surface area contributed by atoms with Crippen molar-refractivity contribution in [2.75, 3.05) is 6.54 Å². The van der Waals surface area contributed by atoms with Gasteiger partial charge in [0, 0.05) is 0 Å². The average molecular weight is 320 g/mol. The van der Waals surface area contributed by atoms with E-state index in [1.54, 1.807) is 25.3 Å². The molecule has 112 valence electrons. The molecular weight excluding hydrogens is 304 g/mol. The molecule has 0 unspecified atom stereocenters. The van der Waals surface area contributed by atoms with Gasteiger partial charge in [-0.2, -0.15) is 0 Å². The Kier molecular flexibility index (Phi) is 5.66. The lowest BCUT2D eigenvalue weighted by Crippen LogP contribution is -2.47. The summed E-state index contributed by atoms with van der Waals surface area (Å²) < 4.78 is 25.7. The fourth-order valence-corrected chi connectivity index (χ4v) is 3.41. The topological polar surface area (TPSA) is 113 Å². The summed E-state index contributed by atoms with van der Waals surface area (Å²) in [4.78, 5) is 22.5. The number of nitrogens with one attached hydrogen (secondary N) is 2. The van der Waals surface area contributed by atoms with Crippen LogP contribution in [0, 0.1) is 5.92 Å². The molecular formula is C11H16N2O5S2. The minimum absolute atomic E-state index is 0.101. The van der Waals surface area contributed by atoms with Gasteiger partial charge in [0.15, 0.2) is 0 Å². The third-order valence-corrected chi connectivity index (χ3v) is 5.23. The zero-order valence-corrected chi connectivity index (χ0v) is 12.6. The number of aliphatic carboxylic acids is 1. The Labute approximate surface area is 121 Å². The standard InChI is InChI=1S/C11H16N2O5S2/c1-7(2)10(11(15)16)13-8(14)6-12-20(17,18)9-4-3-5-19-9/h3-5,7,10,12H,6H2,1-2H3,(H,13,14)(H,15,16)/t10-/m1/s1. The zero-order valence-electron chi connectivity index (χ0n) is 11.0. The van der Waals surface area contributed by atoms with E-state index in [0.29, 0.717) is 0 Å². The second-order valence-corrected chi connectivity index (χ2v) is 7.33. The van der Waals surface area contributed by atoms with E-state index in [9.17, 15) is 18.0 Å². The Bertz CT molecular complexity index is 566. The number of amides is 1. The van der Waals surface area contributed by atoms with E-state index in [1.807, 2.05) is 0 Å². The number of carboxylic acids is 1. The molecule has 0 aromatic carbocycles. The fourth-order valence-electron chi connectivity index (χ4n) is 1.39. The molecule has 0 radical (unpaired) electrons. The number of carbonyl (C=O) groups excluding carboxylic acids is 1. The van der Waals surface area contributed by atoms with Crippen LogP contribution in [0.5, 0.6) is 0 Å². The van der Waals surface area contributed by atoms with Crippen molar-refractivity contribution in [3.8, 4) is 0 Å². The minimum atomic E-state index is -3.73. The molecule has 1 heterocycles. The van der Waals surface area contributed by atoms with Crippen LogP contribution in [0.1, 0.15) is 13.8 Å². The lowest BCUT2D eigenvalue weighted by atomic mass is 10.1. The maximum Gasteiger partial charge on any atom is 0.326 e. The Balaban J connectivity index is 2.58. The number of sulfonamides is 1. The van der Waals surface area contributed by atoms with Crippen molar-refractivity contribution in [2.24, 2.45) is 5.92 Å². The van der Waals surface area contributed by atoms with Crippen LogP contribution in [0.25, 0.3) is 0 Å². The molecule has 1 aromatic heterocycles. The van der Waals surface area contributed by atoms with Gasteiger partial charge in [-0.15, -0.1) is 11.3 Å². The minimum Gasteiger partial charge on any atom is -0.480 e. The molecule has 0 aliphatic rings. The van der Waals surface area contributed by atoms with Crippen molar-refractivity contribution >= 4 is 33.2 Å². The number of thiophene rings is 1. The summed E-state index contributed by atoms with van der Waals surface area (Å²) in [5, 5.41) is 12.8.